The Balaban J connectivity index is 1.73. The second kappa shape index (κ2) is 20.6. The number of Topliss-reactive ketones (excluding diaryl/α,β-unsaturated/α-hetero) is 2. The standard InChI is InChI=1S/C35H48O6/c1-3-31(25-29-18-11-8-12-19-29)34(38)40-23-16-24-41-35(39)32(26-30-20-13-9-14-21-30)27-33(37)22-15-7-5-4-6-10-17-28(2)36/h8-9,11-14,18-21,31-32H,3-7,10,15-17,22-27H2,1-2H3. The molecule has 0 aliphatic rings. The Labute approximate surface area is 246 Å². The highest BCUT2D eigenvalue weighted by Crippen LogP contribution is 2.18. The molecule has 0 radical (unpaired) electrons. The first-order chi connectivity index (χ1) is 19.9. The molecule has 6 heteroatoms. The van der Waals surface area contributed by atoms with Crippen LogP contribution in [-0.2, 0) is 41.5 Å². The molecule has 2 atom stereocenters. The number of benzene rings is 2. The number of esters is 2. The fourth-order valence-electron chi connectivity index (χ4n) is 4.85. The van der Waals surface area contributed by atoms with Gasteiger partial charge in [-0.2, -0.15) is 0 Å². The van der Waals surface area contributed by atoms with Crippen LogP contribution in [-0.4, -0.2) is 36.7 Å². The average molecular weight is 565 g/mol. The molecule has 2 aromatic rings. The van der Waals surface area contributed by atoms with Crippen molar-refractivity contribution in [2.45, 2.75) is 97.3 Å². The first-order valence-corrected chi connectivity index (χ1v) is 15.3. The maximum Gasteiger partial charge on any atom is 0.309 e. The minimum atomic E-state index is -0.533. The van der Waals surface area contributed by atoms with Crippen molar-refractivity contribution in [1.29, 1.82) is 0 Å². The highest BCUT2D eigenvalue weighted by atomic mass is 16.5. The molecule has 224 valence electrons. The number of hydrogen-bond acceptors (Lipinski definition) is 6. The van der Waals surface area contributed by atoms with Gasteiger partial charge in [-0.25, -0.2) is 0 Å². The molecule has 2 aromatic carbocycles. The van der Waals surface area contributed by atoms with Crippen molar-refractivity contribution < 1.29 is 28.7 Å². The molecule has 0 bridgehead atoms. The molecule has 0 saturated heterocycles. The topological polar surface area (TPSA) is 86.7 Å². The van der Waals surface area contributed by atoms with Gasteiger partial charge in [0.05, 0.1) is 25.0 Å². The molecule has 0 amide bonds. The van der Waals surface area contributed by atoms with Crippen LogP contribution in [0.3, 0.4) is 0 Å². The van der Waals surface area contributed by atoms with E-state index in [9.17, 15) is 19.2 Å². The van der Waals surface area contributed by atoms with Gasteiger partial charge in [-0.1, -0.05) is 93.3 Å². The predicted molar refractivity (Wildman–Crippen MR) is 161 cm³/mol. The van der Waals surface area contributed by atoms with Crippen LogP contribution in [0.5, 0.6) is 0 Å². The lowest BCUT2D eigenvalue weighted by atomic mass is 9.92. The first-order valence-electron chi connectivity index (χ1n) is 15.3. The summed E-state index contributed by atoms with van der Waals surface area (Å²) in [6.07, 6.45) is 9.38. The molecule has 0 spiro atoms. The number of hydrogen-bond donors (Lipinski definition) is 0. The fraction of sp³-hybridized carbons (Fsp3) is 0.543. The van der Waals surface area contributed by atoms with Crippen LogP contribution in [0.1, 0.15) is 95.6 Å². The van der Waals surface area contributed by atoms with Gasteiger partial charge in [0.15, 0.2) is 0 Å². The highest BCUT2D eigenvalue weighted by Gasteiger charge is 2.24. The molecule has 0 heterocycles. The molecular formula is C35H48O6. The van der Waals surface area contributed by atoms with E-state index in [-0.39, 0.29) is 49.1 Å². The summed E-state index contributed by atoms with van der Waals surface area (Å²) in [6.45, 7) is 3.93. The van der Waals surface area contributed by atoms with Gasteiger partial charge in [-0.15, -0.1) is 0 Å². The van der Waals surface area contributed by atoms with E-state index >= 15 is 0 Å². The zero-order valence-corrected chi connectivity index (χ0v) is 25.0. The Kier molecular flexibility index (Phi) is 17.0. The van der Waals surface area contributed by atoms with E-state index in [1.807, 2.05) is 67.6 Å². The second-order valence-corrected chi connectivity index (χ2v) is 10.9. The summed E-state index contributed by atoms with van der Waals surface area (Å²) in [5.74, 6) is -1.03. The quantitative estimate of drug-likeness (QED) is 0.110. The maximum absolute atomic E-state index is 13.0. The number of carbonyl (C=O) groups is 4. The lowest BCUT2D eigenvalue weighted by Gasteiger charge is -2.17. The van der Waals surface area contributed by atoms with Crippen LogP contribution in [0.25, 0.3) is 0 Å². The lowest BCUT2D eigenvalue weighted by molar-refractivity contribution is -0.152. The largest absolute Gasteiger partial charge is 0.465 e. The average Bonchev–Trinajstić information content (AvgIpc) is 2.97. The Bertz CT molecular complexity index is 1030. The minimum Gasteiger partial charge on any atom is -0.465 e. The molecule has 0 aromatic heterocycles. The zero-order chi connectivity index (χ0) is 29.7. The number of carbonyl (C=O) groups excluding carboxylic acids is 4. The predicted octanol–water partition coefficient (Wildman–Crippen LogP) is 7.26. The third kappa shape index (κ3) is 15.3. The lowest BCUT2D eigenvalue weighted by Crippen LogP contribution is -2.24. The van der Waals surface area contributed by atoms with E-state index in [4.69, 9.17) is 9.47 Å². The van der Waals surface area contributed by atoms with Gasteiger partial charge in [0.2, 0.25) is 0 Å². The van der Waals surface area contributed by atoms with Crippen molar-refractivity contribution in [3.8, 4) is 0 Å². The smallest absolute Gasteiger partial charge is 0.309 e. The molecule has 2 rings (SSSR count). The van der Waals surface area contributed by atoms with Crippen LogP contribution in [0.15, 0.2) is 60.7 Å². The molecule has 6 nitrogen and oxygen atoms in total. The summed E-state index contributed by atoms with van der Waals surface area (Å²) in [5, 5.41) is 0. The summed E-state index contributed by atoms with van der Waals surface area (Å²) in [6, 6.07) is 19.6. The second-order valence-electron chi connectivity index (χ2n) is 10.9. The van der Waals surface area contributed by atoms with Crippen LogP contribution in [0.2, 0.25) is 0 Å². The fourth-order valence-corrected chi connectivity index (χ4v) is 4.85. The Hall–Kier alpha value is -3.28. The molecule has 0 N–H and O–H groups in total. The van der Waals surface area contributed by atoms with Gasteiger partial charge < -0.3 is 14.3 Å². The first kappa shape index (κ1) is 33.9. The van der Waals surface area contributed by atoms with Crippen molar-refractivity contribution in [1.82, 2.24) is 0 Å². The number of ether oxygens (including phenoxy) is 2. The minimum absolute atomic E-state index is 0.0809. The van der Waals surface area contributed by atoms with E-state index in [0.29, 0.717) is 38.5 Å². The summed E-state index contributed by atoms with van der Waals surface area (Å²) in [7, 11) is 0. The Morgan fingerprint density at radius 2 is 1.07 bits per heavy atom. The van der Waals surface area contributed by atoms with Crippen LogP contribution < -0.4 is 0 Å². The van der Waals surface area contributed by atoms with Crippen LogP contribution in [0, 0.1) is 11.8 Å². The summed E-state index contributed by atoms with van der Waals surface area (Å²) < 4.78 is 11.0. The van der Waals surface area contributed by atoms with Gasteiger partial charge >= 0.3 is 11.9 Å². The summed E-state index contributed by atoms with van der Waals surface area (Å²) in [5.41, 5.74) is 2.09. The van der Waals surface area contributed by atoms with Gasteiger partial charge in [-0.05, 0) is 50.2 Å². The van der Waals surface area contributed by atoms with Crippen LogP contribution >= 0.6 is 0 Å². The molecule has 0 aliphatic heterocycles. The SMILES string of the molecule is CCC(Cc1ccccc1)C(=O)OCCCOC(=O)C(CC(=O)CCCCCCCCC(C)=O)Cc1ccccc1. The van der Waals surface area contributed by atoms with Crippen molar-refractivity contribution in [3.63, 3.8) is 0 Å². The van der Waals surface area contributed by atoms with Crippen molar-refractivity contribution in [2.75, 3.05) is 13.2 Å². The van der Waals surface area contributed by atoms with Gasteiger partial charge in [0.1, 0.15) is 11.6 Å². The number of ketones is 2. The molecule has 0 aliphatic carbocycles. The molecule has 2 unspecified atom stereocenters. The molecule has 41 heavy (non-hydrogen) atoms. The number of rotatable bonds is 22. The van der Waals surface area contributed by atoms with Crippen molar-refractivity contribution in [3.05, 3.63) is 71.8 Å². The van der Waals surface area contributed by atoms with Gasteiger partial charge in [-0.3, -0.25) is 14.4 Å². The van der Waals surface area contributed by atoms with Crippen molar-refractivity contribution in [2.24, 2.45) is 11.8 Å². The Morgan fingerprint density at radius 3 is 1.59 bits per heavy atom. The van der Waals surface area contributed by atoms with Crippen molar-refractivity contribution >= 4 is 23.5 Å². The molecule has 0 fully saturated rings. The highest BCUT2D eigenvalue weighted by molar-refractivity contribution is 5.84. The van der Waals surface area contributed by atoms with E-state index in [1.165, 1.54) is 0 Å². The monoisotopic (exact) mass is 564 g/mol. The summed E-state index contributed by atoms with van der Waals surface area (Å²) in [4.78, 5) is 49.2. The molecule has 0 saturated carbocycles. The summed E-state index contributed by atoms with van der Waals surface area (Å²) >= 11 is 0. The third-order valence-electron chi connectivity index (χ3n) is 7.30. The van der Waals surface area contributed by atoms with Gasteiger partial charge in [0, 0.05) is 25.7 Å². The molecular weight excluding hydrogens is 516 g/mol. The zero-order valence-electron chi connectivity index (χ0n) is 25.0. The van der Waals surface area contributed by atoms with Crippen LogP contribution in [0.4, 0.5) is 0 Å². The van der Waals surface area contributed by atoms with E-state index < -0.39 is 5.92 Å². The normalized spacial score (nSPS) is 12.3. The maximum atomic E-state index is 13.0. The Morgan fingerprint density at radius 1 is 0.610 bits per heavy atom. The number of unbranched alkanes of at least 4 members (excludes halogenated alkanes) is 5. The van der Waals surface area contributed by atoms with Gasteiger partial charge in [0.25, 0.3) is 0 Å². The van der Waals surface area contributed by atoms with E-state index in [1.54, 1.807) is 6.92 Å². The third-order valence-corrected chi connectivity index (χ3v) is 7.30. The van der Waals surface area contributed by atoms with E-state index in [0.717, 1.165) is 49.7 Å². The van der Waals surface area contributed by atoms with E-state index in [2.05, 4.69) is 0 Å².